The van der Waals surface area contributed by atoms with Gasteiger partial charge in [0.15, 0.2) is 48.3 Å². The van der Waals surface area contributed by atoms with Crippen LogP contribution in [0.2, 0.25) is 0 Å². The molecule has 0 saturated heterocycles. The number of guanidine groups is 3. The van der Waals surface area contributed by atoms with Gasteiger partial charge in [-0.1, -0.05) is 48.8 Å². The number of anilines is 1. The summed E-state index contributed by atoms with van der Waals surface area (Å²) in [6, 6.07) is -1.24. The fourth-order valence-corrected chi connectivity index (χ4v) is 18.7. The minimum Gasteiger partial charge on any atom is -0.392 e. The number of nitrogens with zero attached hydrogens (tertiary/aromatic N) is 18. The number of aliphatic hydroxyl groups is 5. The molecule has 4 fully saturated rings. The van der Waals surface area contributed by atoms with E-state index in [1.54, 1.807) is 49.1 Å². The van der Waals surface area contributed by atoms with Crippen molar-refractivity contribution in [1.29, 1.82) is 0 Å². The van der Waals surface area contributed by atoms with Crippen molar-refractivity contribution in [2.75, 3.05) is 45.7 Å². The number of aliphatic hydroxyl groups excluding tert-OH is 5. The fourth-order valence-electron chi connectivity index (χ4n) is 18.7. The summed E-state index contributed by atoms with van der Waals surface area (Å²) in [7, 11) is 5.60. The highest BCUT2D eigenvalue weighted by molar-refractivity contribution is 6.03. The number of carbonyl (C=O) groups excluding carboxylic acids is 6. The van der Waals surface area contributed by atoms with Gasteiger partial charge in [0.2, 0.25) is 23.7 Å². The predicted octanol–water partition coefficient (Wildman–Crippen LogP) is 0.406. The molecule has 39 heteroatoms. The minimum absolute atomic E-state index is 0. The van der Waals surface area contributed by atoms with E-state index in [-0.39, 0.29) is 202 Å². The molecule has 12 aliphatic heterocycles. The molecule has 0 radical (unpaired) electrons. The first kappa shape index (κ1) is 98.0. The van der Waals surface area contributed by atoms with Gasteiger partial charge in [-0.25, -0.2) is 29.9 Å². The van der Waals surface area contributed by atoms with E-state index in [4.69, 9.17) is 17.2 Å². The molecule has 0 bridgehead atoms. The van der Waals surface area contributed by atoms with Crippen molar-refractivity contribution in [2.45, 2.75) is 299 Å². The second kappa shape index (κ2) is 36.3. The molecule has 688 valence electrons. The molecule has 1 aromatic rings. The summed E-state index contributed by atoms with van der Waals surface area (Å²) in [6.07, 6.45) is 15.0. The molecule has 18 rings (SSSR count). The largest absolute Gasteiger partial charge is 0.392 e. The Kier molecular flexibility index (Phi) is 28.7. The topological polar surface area (TPSA) is 508 Å². The van der Waals surface area contributed by atoms with Gasteiger partial charge in [0.05, 0.1) is 67.8 Å². The van der Waals surface area contributed by atoms with Crippen molar-refractivity contribution in [3.63, 3.8) is 0 Å². The lowest BCUT2D eigenvalue weighted by atomic mass is 9.95. The van der Waals surface area contributed by atoms with Crippen molar-refractivity contribution in [3.8, 4) is 0 Å². The molecule has 17 aliphatic rings. The standard InChI is InChI=1S/C17H27N5O3.C16H25N5O3.C15H23N5O2.C14H21N5O.C10H16N4O.C9H14N4O.4CH4/c1-17(2,3)22-6-7(10-14(22)20-16(18)21-15(10)25)5-19-11-8-4-9(8)12(23)13(11)24;1-16(2,3)21-7-8(6-18-9-4-5-10(22)12(9)23)11-13(21)19-15(17)20-14(11)24;1-6-11(8-3-9(8)12(6)21)17-4-7-5-20(2)13-10(7)14(22)19-15(16)18-13;1-8-9(2)19-12(20)10-11(17(6)13(19)16-8)18(7-15-10)14(3,4)5;1-10(2,3)14-6-11-7-8(14)12-5-13(4)9(7)15;1-9(2,3)13-5-12-6-7(13)10-4-11-8(6)14;;;;/h6,8-14,19,23-24H,4-5H2,1-3H3,(H3,18,20,21,25);4-5,7,9-13,18,22-23H,6H2,1-3H3,(H3,17,19,20,24);5-6,8-13,17,21H,3-4H2,1-2H3,(H3,16,18,19,22);7,10-11H,1-6H3;5-8H,1-4H3;4-7H,1-3H3,(H,10,11,14);4*1H4. The van der Waals surface area contributed by atoms with Crippen LogP contribution in [0.25, 0.3) is 0 Å². The Morgan fingerprint density at radius 3 is 1.36 bits per heavy atom. The number of carbonyl (C=O) groups is 6. The molecular weight excluding hydrogens is 1590 g/mol. The number of hydrogen-bond acceptors (Lipinski definition) is 33. The van der Waals surface area contributed by atoms with Gasteiger partial charge in [-0.2, -0.15) is 0 Å². The van der Waals surface area contributed by atoms with E-state index in [1.807, 2.05) is 66.1 Å². The maximum absolute atomic E-state index is 12.7. The Labute approximate surface area is 730 Å². The first-order chi connectivity index (χ1) is 56.0. The molecule has 18 N–H and O–H groups in total. The summed E-state index contributed by atoms with van der Waals surface area (Å²) < 4.78 is 1.69. The average molecular weight is 1730 g/mol. The summed E-state index contributed by atoms with van der Waals surface area (Å²) >= 11 is 0. The van der Waals surface area contributed by atoms with Crippen LogP contribution in [0.1, 0.15) is 170 Å². The number of rotatable bonds is 9. The number of aromatic nitrogens is 2. The Morgan fingerprint density at radius 2 is 0.895 bits per heavy atom. The number of likely N-dealkylation sites (N-methyl/N-ethyl adjacent to an activating group) is 2. The highest BCUT2D eigenvalue weighted by atomic mass is 16.3. The van der Waals surface area contributed by atoms with E-state index < -0.39 is 36.3 Å². The molecule has 5 amide bonds. The van der Waals surface area contributed by atoms with Crippen molar-refractivity contribution in [2.24, 2.45) is 104 Å². The molecule has 0 spiro atoms. The van der Waals surface area contributed by atoms with E-state index in [1.165, 1.54) is 11.2 Å². The first-order valence-electron chi connectivity index (χ1n) is 41.5. The second-order valence-corrected chi connectivity index (χ2v) is 39.1. The monoisotopic (exact) mass is 1730 g/mol. The van der Waals surface area contributed by atoms with Crippen LogP contribution in [0.3, 0.4) is 0 Å². The summed E-state index contributed by atoms with van der Waals surface area (Å²) in [5.41, 5.74) is 21.1. The maximum atomic E-state index is 12.7. The van der Waals surface area contributed by atoms with E-state index in [0.717, 1.165) is 40.9 Å². The number of aliphatic imine (C=N–C) groups is 8. The Hall–Kier alpha value is -9.77. The van der Waals surface area contributed by atoms with Crippen LogP contribution in [0, 0.1) is 61.2 Å². The van der Waals surface area contributed by atoms with Crippen LogP contribution in [0.15, 0.2) is 87.4 Å². The van der Waals surface area contributed by atoms with E-state index in [9.17, 15) is 54.3 Å². The van der Waals surface area contributed by atoms with Crippen LogP contribution >= 0.6 is 0 Å². The van der Waals surface area contributed by atoms with E-state index in [0.29, 0.717) is 49.4 Å². The smallest absolute Gasteiger partial charge is 0.262 e. The van der Waals surface area contributed by atoms with E-state index >= 15 is 0 Å². The van der Waals surface area contributed by atoms with Crippen LogP contribution in [0.5, 0.6) is 0 Å². The molecule has 5 aliphatic carbocycles. The van der Waals surface area contributed by atoms with Gasteiger partial charge in [0.25, 0.3) is 17.7 Å². The van der Waals surface area contributed by atoms with Gasteiger partial charge in [-0.05, 0) is 177 Å². The van der Waals surface area contributed by atoms with Crippen LogP contribution in [-0.4, -0.2) is 327 Å². The van der Waals surface area contributed by atoms with Gasteiger partial charge in [-0.15, -0.1) is 0 Å². The lowest BCUT2D eigenvalue weighted by molar-refractivity contribution is -0.129. The third-order valence-electron chi connectivity index (χ3n) is 25.6. The highest BCUT2D eigenvalue weighted by Crippen LogP contribution is 2.55. The number of amides is 5. The molecule has 0 aromatic carbocycles. The van der Waals surface area contributed by atoms with Gasteiger partial charge >= 0.3 is 0 Å². The van der Waals surface area contributed by atoms with Crippen molar-refractivity contribution < 1.29 is 54.3 Å². The number of nitrogens with two attached hydrogens (primary N) is 3. The minimum atomic E-state index is -0.879. The van der Waals surface area contributed by atoms with Crippen LogP contribution in [0.4, 0.5) is 5.95 Å². The third-order valence-corrected chi connectivity index (χ3v) is 25.6. The van der Waals surface area contributed by atoms with Gasteiger partial charge in [0, 0.05) is 105 Å². The Morgan fingerprint density at radius 1 is 0.460 bits per heavy atom. The zero-order chi connectivity index (χ0) is 87.7. The molecule has 13 heterocycles. The summed E-state index contributed by atoms with van der Waals surface area (Å²) in [6.45, 7) is 38.7. The third kappa shape index (κ3) is 19.0. The molecule has 124 heavy (non-hydrogen) atoms. The maximum Gasteiger partial charge on any atom is 0.262 e. The van der Waals surface area contributed by atoms with Crippen molar-refractivity contribution in [3.05, 3.63) is 58.9 Å². The molecule has 39 nitrogen and oxygen atoms in total. The van der Waals surface area contributed by atoms with Crippen molar-refractivity contribution >= 4 is 91.0 Å². The molecule has 4 saturated carbocycles. The quantitative estimate of drug-likeness (QED) is 0.149. The zero-order valence-electron chi connectivity index (χ0n) is 72.7. The second-order valence-electron chi connectivity index (χ2n) is 39.1. The van der Waals surface area contributed by atoms with Gasteiger partial charge in [-0.3, -0.25) is 64.3 Å². The van der Waals surface area contributed by atoms with E-state index in [2.05, 4.69) is 208 Å². The Bertz CT molecular complexity index is 4550. The molecule has 25 unspecified atom stereocenters. The van der Waals surface area contributed by atoms with Gasteiger partial charge in [0.1, 0.15) is 48.5 Å². The van der Waals surface area contributed by atoms with Crippen LogP contribution in [-0.2, 0) is 24.0 Å². The first-order valence-corrected chi connectivity index (χ1v) is 41.5. The Balaban J connectivity index is 0.000000169. The van der Waals surface area contributed by atoms with Crippen LogP contribution < -0.4 is 59.3 Å². The molecular formula is C85H142N28O11. The summed E-state index contributed by atoms with van der Waals surface area (Å²) in [5.74, 6) is 1.54. The number of hydrogen-bond donors (Lipinski definition) is 15. The average Bonchev–Trinajstić information content (AvgIpc) is 1.58. The summed E-state index contributed by atoms with van der Waals surface area (Å²) in [5, 5.41) is 70.2. The number of fused-ring (bicyclic) bond motifs is 9. The normalized spacial score (nSPS) is 34.7. The fraction of sp³-hybridized carbons (Fsp3) is 0.706. The molecule has 25 atom stereocenters. The zero-order valence-corrected chi connectivity index (χ0v) is 72.7. The molecule has 1 aromatic heterocycles. The van der Waals surface area contributed by atoms with Gasteiger partial charge < -0.3 is 103 Å². The lowest BCUT2D eigenvalue weighted by Crippen LogP contribution is -2.60. The number of nitrogens with one attached hydrogen (secondary N) is 7. The number of imidazole rings is 1. The highest BCUT2D eigenvalue weighted by Gasteiger charge is 2.61. The predicted molar refractivity (Wildman–Crippen MR) is 482 cm³/mol. The number of aryl methyl sites for hydroxylation is 1. The SMILES string of the molecule is C.C.C.C.CC(C)(C)N1C=C(CNC2C(O)C(O)C3CC32)C2C(=O)NC(N)=NC21.CC(C)(C)N1C=C(CNC2C=CC(O)C2O)C2C(=O)NC(N)=NC21.CC(C)(C)N1C=NC2C(=O)NC=NC21.CC1C(O)C2CC2C1NCC1=CN(C)C2N=C(N)NC(=O)C12.CN1C=NC2C(N=CN2C(C)(C)C)C1=O.Cc1nc2n(c1C)C(=O)C1N=CN(C(C)(C)C)C1N2C. The lowest BCUT2D eigenvalue weighted by Gasteiger charge is -2.44. The summed E-state index contributed by atoms with van der Waals surface area (Å²) in [4.78, 5) is 128. The van der Waals surface area contributed by atoms with Crippen molar-refractivity contribution in [1.82, 2.24) is 81.1 Å².